The summed E-state index contributed by atoms with van der Waals surface area (Å²) in [7, 11) is -0.713. The maximum Gasteiger partial charge on any atom is 0.492 e. The van der Waals surface area contributed by atoms with Crippen LogP contribution in [0, 0.1) is 5.82 Å². The molecule has 0 unspecified atom stereocenters. The Labute approximate surface area is 97.9 Å². The Morgan fingerprint density at radius 2 is 2.12 bits per heavy atom. The first-order valence-corrected chi connectivity index (χ1v) is 4.92. The van der Waals surface area contributed by atoms with Crippen LogP contribution in [-0.2, 0) is 4.74 Å². The van der Waals surface area contributed by atoms with E-state index in [0.717, 1.165) is 6.07 Å². The molecule has 0 fully saturated rings. The molecule has 17 heavy (non-hydrogen) atoms. The zero-order valence-electron chi connectivity index (χ0n) is 9.44. The quantitative estimate of drug-likeness (QED) is 0.559. The first-order valence-electron chi connectivity index (χ1n) is 4.92. The molecule has 0 saturated heterocycles. The highest BCUT2D eigenvalue weighted by Gasteiger charge is 2.25. The number of ether oxygens (including phenoxy) is 2. The minimum absolute atomic E-state index is 0.116. The first kappa shape index (κ1) is 13.5. The summed E-state index contributed by atoms with van der Waals surface area (Å²) >= 11 is 0. The van der Waals surface area contributed by atoms with Gasteiger partial charge in [0.2, 0.25) is 0 Å². The van der Waals surface area contributed by atoms with Crippen molar-refractivity contribution in [1.82, 2.24) is 0 Å². The Kier molecular flexibility index (Phi) is 4.48. The molecule has 0 saturated carbocycles. The average molecular weight is 242 g/mol. The Hall–Kier alpha value is -1.60. The number of hydrogen-bond acceptors (Lipinski definition) is 5. The molecule has 7 heteroatoms. The summed E-state index contributed by atoms with van der Waals surface area (Å²) in [6.07, 6.45) is 0. The summed E-state index contributed by atoms with van der Waals surface area (Å²) in [6, 6.07) is 2.31. The molecule has 2 N–H and O–H groups in total. The van der Waals surface area contributed by atoms with E-state index in [1.807, 2.05) is 0 Å². The molecule has 0 aliphatic heterocycles. The van der Waals surface area contributed by atoms with Gasteiger partial charge in [-0.2, -0.15) is 0 Å². The number of benzene rings is 1. The smallest absolute Gasteiger partial charge is 0.492 e. The van der Waals surface area contributed by atoms with Gasteiger partial charge in [0.15, 0.2) is 11.6 Å². The second kappa shape index (κ2) is 5.65. The molecule has 0 amide bonds. The van der Waals surface area contributed by atoms with Crippen LogP contribution < -0.4 is 10.2 Å². The van der Waals surface area contributed by atoms with Crippen LogP contribution in [0.3, 0.4) is 0 Å². The molecule has 0 spiro atoms. The summed E-state index contributed by atoms with van der Waals surface area (Å²) in [6.45, 7) is 1.71. The van der Waals surface area contributed by atoms with E-state index in [0.29, 0.717) is 0 Å². The standard InChI is InChI=1S/C10H12BFO5/c1-3-17-10(13)6-4-5-7(11(14)15)9(16-2)8(6)12/h4-5,14-15H,3H2,1-2H3. The molecule has 0 aliphatic carbocycles. The third-order valence-electron chi connectivity index (χ3n) is 2.11. The Morgan fingerprint density at radius 3 is 2.59 bits per heavy atom. The minimum atomic E-state index is -1.88. The van der Waals surface area contributed by atoms with Crippen molar-refractivity contribution in [3.8, 4) is 5.75 Å². The molecule has 1 rings (SSSR count). The van der Waals surface area contributed by atoms with Crippen LogP contribution in [0.25, 0.3) is 0 Å². The van der Waals surface area contributed by atoms with Crippen molar-refractivity contribution in [1.29, 1.82) is 0 Å². The van der Waals surface area contributed by atoms with E-state index in [-0.39, 0.29) is 23.4 Å². The van der Waals surface area contributed by atoms with Crippen molar-refractivity contribution >= 4 is 18.6 Å². The lowest BCUT2D eigenvalue weighted by Gasteiger charge is -2.11. The Balaban J connectivity index is 3.24. The van der Waals surface area contributed by atoms with Crippen LogP contribution >= 0.6 is 0 Å². The lowest BCUT2D eigenvalue weighted by atomic mass is 9.79. The van der Waals surface area contributed by atoms with Gasteiger partial charge in [-0.25, -0.2) is 9.18 Å². The predicted octanol–water partition coefficient (Wildman–Crippen LogP) is -0.309. The number of rotatable bonds is 4. The highest BCUT2D eigenvalue weighted by Crippen LogP contribution is 2.19. The number of halogens is 1. The van der Waals surface area contributed by atoms with Gasteiger partial charge in [-0.05, 0) is 13.0 Å². The van der Waals surface area contributed by atoms with Gasteiger partial charge >= 0.3 is 13.1 Å². The Morgan fingerprint density at radius 1 is 1.47 bits per heavy atom. The van der Waals surface area contributed by atoms with Crippen LogP contribution in [0.5, 0.6) is 5.75 Å². The van der Waals surface area contributed by atoms with Crippen LogP contribution in [0.1, 0.15) is 17.3 Å². The second-order valence-corrected chi connectivity index (χ2v) is 3.14. The minimum Gasteiger partial charge on any atom is -0.494 e. The zero-order chi connectivity index (χ0) is 13.0. The molecule has 1 aromatic rings. The topological polar surface area (TPSA) is 76.0 Å². The number of carbonyl (C=O) groups excluding carboxylic acids is 1. The molecule has 0 heterocycles. The molecular weight excluding hydrogens is 230 g/mol. The predicted molar refractivity (Wildman–Crippen MR) is 58.7 cm³/mol. The monoisotopic (exact) mass is 242 g/mol. The van der Waals surface area contributed by atoms with Crippen molar-refractivity contribution < 1.29 is 28.7 Å². The van der Waals surface area contributed by atoms with Gasteiger partial charge in [0, 0.05) is 5.46 Å². The lowest BCUT2D eigenvalue weighted by molar-refractivity contribution is 0.0520. The largest absolute Gasteiger partial charge is 0.494 e. The highest BCUT2D eigenvalue weighted by atomic mass is 19.1. The van der Waals surface area contributed by atoms with Crippen LogP contribution in [0.4, 0.5) is 4.39 Å². The van der Waals surface area contributed by atoms with Crippen molar-refractivity contribution in [2.24, 2.45) is 0 Å². The second-order valence-electron chi connectivity index (χ2n) is 3.14. The molecule has 92 valence electrons. The van der Waals surface area contributed by atoms with E-state index in [1.54, 1.807) is 6.92 Å². The molecule has 0 atom stereocenters. The van der Waals surface area contributed by atoms with E-state index in [4.69, 9.17) is 14.8 Å². The first-order chi connectivity index (χ1) is 8.02. The van der Waals surface area contributed by atoms with Crippen molar-refractivity contribution in [2.75, 3.05) is 13.7 Å². The van der Waals surface area contributed by atoms with E-state index in [1.165, 1.54) is 13.2 Å². The van der Waals surface area contributed by atoms with E-state index < -0.39 is 18.9 Å². The third-order valence-corrected chi connectivity index (χ3v) is 2.11. The number of hydrogen-bond donors (Lipinski definition) is 2. The SMILES string of the molecule is CCOC(=O)c1ccc(B(O)O)c(OC)c1F. The van der Waals surface area contributed by atoms with E-state index >= 15 is 0 Å². The number of carbonyl (C=O) groups is 1. The maximum absolute atomic E-state index is 13.8. The fourth-order valence-corrected chi connectivity index (χ4v) is 1.35. The van der Waals surface area contributed by atoms with E-state index in [2.05, 4.69) is 4.74 Å². The van der Waals surface area contributed by atoms with Gasteiger partial charge in [0.25, 0.3) is 0 Å². The van der Waals surface area contributed by atoms with Gasteiger partial charge in [-0.3, -0.25) is 0 Å². The zero-order valence-corrected chi connectivity index (χ0v) is 9.44. The third kappa shape index (κ3) is 2.75. The molecule has 0 aromatic heterocycles. The normalized spacial score (nSPS) is 9.94. The molecule has 1 aromatic carbocycles. The van der Waals surface area contributed by atoms with E-state index in [9.17, 15) is 9.18 Å². The average Bonchev–Trinajstić information content (AvgIpc) is 2.28. The molecular formula is C10H12BFO5. The number of methoxy groups -OCH3 is 1. The summed E-state index contributed by atoms with van der Waals surface area (Å²) in [4.78, 5) is 11.4. The van der Waals surface area contributed by atoms with Gasteiger partial charge in [0.05, 0.1) is 19.3 Å². The maximum atomic E-state index is 13.8. The molecule has 0 radical (unpaired) electrons. The van der Waals surface area contributed by atoms with Gasteiger partial charge in [0.1, 0.15) is 0 Å². The van der Waals surface area contributed by atoms with Crippen molar-refractivity contribution in [3.63, 3.8) is 0 Å². The summed E-state index contributed by atoms with van der Waals surface area (Å²) < 4.78 is 23.2. The summed E-state index contributed by atoms with van der Waals surface area (Å²) in [5.74, 6) is -2.19. The van der Waals surface area contributed by atoms with Crippen LogP contribution in [0.2, 0.25) is 0 Å². The molecule has 0 bridgehead atoms. The molecule has 5 nitrogen and oxygen atoms in total. The lowest BCUT2D eigenvalue weighted by Crippen LogP contribution is -2.32. The van der Waals surface area contributed by atoms with Crippen molar-refractivity contribution in [2.45, 2.75) is 6.92 Å². The summed E-state index contributed by atoms with van der Waals surface area (Å²) in [5.41, 5.74) is -0.467. The van der Waals surface area contributed by atoms with Crippen molar-refractivity contribution in [3.05, 3.63) is 23.5 Å². The van der Waals surface area contributed by atoms with Gasteiger partial charge < -0.3 is 19.5 Å². The molecule has 0 aliphatic rings. The highest BCUT2D eigenvalue weighted by molar-refractivity contribution is 6.59. The van der Waals surface area contributed by atoms with Gasteiger partial charge in [-0.15, -0.1) is 0 Å². The van der Waals surface area contributed by atoms with Gasteiger partial charge in [-0.1, -0.05) is 6.07 Å². The Bertz CT molecular complexity index is 421. The number of esters is 1. The fraction of sp³-hybridized carbons (Fsp3) is 0.300. The summed E-state index contributed by atoms with van der Waals surface area (Å²) in [5, 5.41) is 18.0. The van der Waals surface area contributed by atoms with Crippen LogP contribution in [-0.4, -0.2) is 36.9 Å². The van der Waals surface area contributed by atoms with Crippen LogP contribution in [0.15, 0.2) is 12.1 Å². The fourth-order valence-electron chi connectivity index (χ4n) is 1.35.